The number of rotatable bonds is 9. The van der Waals surface area contributed by atoms with Gasteiger partial charge < -0.3 is 9.64 Å². The number of hydrogen-bond acceptors (Lipinski definition) is 5. The zero-order valence-electron chi connectivity index (χ0n) is 13.8. The summed E-state index contributed by atoms with van der Waals surface area (Å²) < 4.78 is 5.16. The average molecular weight is 327 g/mol. The standard InChI is InChI=1S/C18H21N3O3/c1-2-16(15-8-4-3-5-9-15)18(23)24-14-17(22)21(12-6-10-19)13-7-11-20/h3-5,8-9,16H,2,6-7,12-14H2,1H3/t16-/m0/s1. The number of hydrogen-bond donors (Lipinski definition) is 0. The molecule has 0 unspecified atom stereocenters. The molecular weight excluding hydrogens is 306 g/mol. The Bertz CT molecular complexity index is 599. The highest BCUT2D eigenvalue weighted by Crippen LogP contribution is 2.20. The van der Waals surface area contributed by atoms with Crippen molar-refractivity contribution in [3.05, 3.63) is 35.9 Å². The molecule has 0 bridgehead atoms. The van der Waals surface area contributed by atoms with E-state index in [1.54, 1.807) is 0 Å². The number of benzene rings is 1. The Kier molecular flexibility index (Phi) is 8.63. The molecule has 0 saturated carbocycles. The largest absolute Gasteiger partial charge is 0.455 e. The van der Waals surface area contributed by atoms with Crippen molar-refractivity contribution in [1.82, 2.24) is 4.90 Å². The van der Waals surface area contributed by atoms with Gasteiger partial charge >= 0.3 is 5.97 Å². The van der Waals surface area contributed by atoms with Gasteiger partial charge in [0, 0.05) is 13.1 Å². The summed E-state index contributed by atoms with van der Waals surface area (Å²) in [5.41, 5.74) is 0.850. The molecule has 0 aliphatic heterocycles. The molecule has 1 rings (SSSR count). The van der Waals surface area contributed by atoms with Crippen molar-refractivity contribution in [2.45, 2.75) is 32.1 Å². The highest BCUT2D eigenvalue weighted by atomic mass is 16.5. The minimum absolute atomic E-state index is 0.173. The maximum Gasteiger partial charge on any atom is 0.313 e. The molecule has 0 aliphatic rings. The van der Waals surface area contributed by atoms with Crippen molar-refractivity contribution in [1.29, 1.82) is 10.5 Å². The van der Waals surface area contributed by atoms with Gasteiger partial charge in [0.25, 0.3) is 5.91 Å². The van der Waals surface area contributed by atoms with Gasteiger partial charge in [0.05, 0.1) is 30.9 Å². The lowest BCUT2D eigenvalue weighted by Gasteiger charge is -2.21. The van der Waals surface area contributed by atoms with Crippen LogP contribution in [0, 0.1) is 22.7 Å². The molecule has 6 heteroatoms. The maximum atomic E-state index is 12.2. The molecule has 1 atom stereocenters. The third-order valence-corrected chi connectivity index (χ3v) is 3.57. The average Bonchev–Trinajstić information content (AvgIpc) is 2.61. The van der Waals surface area contributed by atoms with E-state index in [4.69, 9.17) is 15.3 Å². The second-order valence-electron chi connectivity index (χ2n) is 5.18. The minimum atomic E-state index is -0.447. The molecule has 0 aliphatic carbocycles. The summed E-state index contributed by atoms with van der Waals surface area (Å²) in [6.07, 6.45) is 0.920. The zero-order chi connectivity index (χ0) is 17.8. The van der Waals surface area contributed by atoms with Gasteiger partial charge in [0.1, 0.15) is 0 Å². The van der Waals surface area contributed by atoms with E-state index in [-0.39, 0.29) is 32.5 Å². The van der Waals surface area contributed by atoms with E-state index >= 15 is 0 Å². The fourth-order valence-electron chi connectivity index (χ4n) is 2.28. The van der Waals surface area contributed by atoms with Crippen LogP contribution in [0.4, 0.5) is 0 Å². The lowest BCUT2D eigenvalue weighted by Crippen LogP contribution is -2.36. The molecule has 126 valence electrons. The van der Waals surface area contributed by atoms with Crippen LogP contribution in [0.15, 0.2) is 30.3 Å². The van der Waals surface area contributed by atoms with E-state index in [0.717, 1.165) is 5.56 Å². The smallest absolute Gasteiger partial charge is 0.313 e. The second-order valence-corrected chi connectivity index (χ2v) is 5.18. The fraction of sp³-hybridized carbons (Fsp3) is 0.444. The van der Waals surface area contributed by atoms with Crippen LogP contribution in [0.25, 0.3) is 0 Å². The highest BCUT2D eigenvalue weighted by molar-refractivity contribution is 5.83. The molecular formula is C18H21N3O3. The number of amides is 1. The van der Waals surface area contributed by atoms with Gasteiger partial charge in [-0.3, -0.25) is 9.59 Å². The summed E-state index contributed by atoms with van der Waals surface area (Å²) in [5, 5.41) is 17.3. The first-order valence-electron chi connectivity index (χ1n) is 7.87. The number of esters is 1. The number of ether oxygens (including phenoxy) is 1. The van der Waals surface area contributed by atoms with E-state index in [0.29, 0.717) is 6.42 Å². The molecule has 1 amide bonds. The lowest BCUT2D eigenvalue weighted by molar-refractivity contribution is -0.153. The molecule has 0 heterocycles. The molecule has 0 fully saturated rings. The van der Waals surface area contributed by atoms with Crippen LogP contribution < -0.4 is 0 Å². The molecule has 0 N–H and O–H groups in total. The number of nitrogens with zero attached hydrogens (tertiary/aromatic N) is 3. The van der Waals surface area contributed by atoms with E-state index in [1.807, 2.05) is 49.4 Å². The van der Waals surface area contributed by atoms with Crippen molar-refractivity contribution < 1.29 is 14.3 Å². The maximum absolute atomic E-state index is 12.2. The third kappa shape index (κ3) is 6.10. The Labute approximate surface area is 142 Å². The zero-order valence-corrected chi connectivity index (χ0v) is 13.8. The predicted octanol–water partition coefficient (Wildman–Crippen LogP) is 2.38. The lowest BCUT2D eigenvalue weighted by atomic mass is 9.97. The van der Waals surface area contributed by atoms with Crippen molar-refractivity contribution in [2.75, 3.05) is 19.7 Å². The van der Waals surface area contributed by atoms with Gasteiger partial charge in [-0.25, -0.2) is 0 Å². The Morgan fingerprint density at radius 3 is 2.21 bits per heavy atom. The number of carbonyl (C=O) groups is 2. The van der Waals surface area contributed by atoms with Crippen molar-refractivity contribution >= 4 is 11.9 Å². The summed E-state index contributed by atoms with van der Waals surface area (Å²) in [4.78, 5) is 25.7. The summed E-state index contributed by atoms with van der Waals surface area (Å²) in [6, 6.07) is 13.2. The van der Waals surface area contributed by atoms with E-state index in [1.165, 1.54) is 4.90 Å². The van der Waals surface area contributed by atoms with Crippen LogP contribution in [0.3, 0.4) is 0 Å². The van der Waals surface area contributed by atoms with Crippen molar-refractivity contribution in [3.8, 4) is 12.1 Å². The van der Waals surface area contributed by atoms with Crippen LogP contribution in [0.5, 0.6) is 0 Å². The Balaban J connectivity index is 2.61. The van der Waals surface area contributed by atoms with Gasteiger partial charge in [-0.05, 0) is 12.0 Å². The van der Waals surface area contributed by atoms with E-state index in [9.17, 15) is 9.59 Å². The Morgan fingerprint density at radius 2 is 1.71 bits per heavy atom. The van der Waals surface area contributed by atoms with Crippen molar-refractivity contribution in [3.63, 3.8) is 0 Å². The molecule has 0 saturated heterocycles. The highest BCUT2D eigenvalue weighted by Gasteiger charge is 2.22. The topological polar surface area (TPSA) is 94.2 Å². The van der Waals surface area contributed by atoms with Gasteiger partial charge in [0.15, 0.2) is 6.61 Å². The number of nitriles is 2. The molecule has 24 heavy (non-hydrogen) atoms. The summed E-state index contributed by atoms with van der Waals surface area (Å²) in [6.45, 7) is 1.96. The monoisotopic (exact) mass is 327 g/mol. The Morgan fingerprint density at radius 1 is 1.12 bits per heavy atom. The first-order valence-corrected chi connectivity index (χ1v) is 7.87. The molecule has 1 aromatic rings. The fourth-order valence-corrected chi connectivity index (χ4v) is 2.28. The minimum Gasteiger partial charge on any atom is -0.455 e. The van der Waals surface area contributed by atoms with Crippen LogP contribution in [-0.2, 0) is 14.3 Å². The first kappa shape index (κ1) is 19.2. The van der Waals surface area contributed by atoms with Crippen LogP contribution in [0.2, 0.25) is 0 Å². The normalized spacial score (nSPS) is 11.0. The SMILES string of the molecule is CC[C@H](C(=O)OCC(=O)N(CCC#N)CCC#N)c1ccccc1. The molecule has 0 aromatic heterocycles. The van der Waals surface area contributed by atoms with Crippen LogP contribution in [0.1, 0.15) is 37.7 Å². The van der Waals surface area contributed by atoms with Crippen LogP contribution in [-0.4, -0.2) is 36.5 Å². The van der Waals surface area contributed by atoms with Gasteiger partial charge in [-0.1, -0.05) is 37.3 Å². The second kappa shape index (κ2) is 10.8. The quantitative estimate of drug-likeness (QED) is 0.649. The van der Waals surface area contributed by atoms with Gasteiger partial charge in [-0.2, -0.15) is 10.5 Å². The summed E-state index contributed by atoms with van der Waals surface area (Å²) >= 11 is 0. The van der Waals surface area contributed by atoms with E-state index < -0.39 is 17.8 Å². The first-order chi connectivity index (χ1) is 11.6. The van der Waals surface area contributed by atoms with Crippen molar-refractivity contribution in [2.24, 2.45) is 0 Å². The Hall–Kier alpha value is -2.86. The predicted molar refractivity (Wildman–Crippen MR) is 87.5 cm³/mol. The molecule has 0 spiro atoms. The number of carbonyl (C=O) groups excluding carboxylic acids is 2. The van der Waals surface area contributed by atoms with Gasteiger partial charge in [-0.15, -0.1) is 0 Å². The third-order valence-electron chi connectivity index (χ3n) is 3.57. The van der Waals surface area contributed by atoms with Gasteiger partial charge in [0.2, 0.25) is 0 Å². The summed E-state index contributed by atoms with van der Waals surface area (Å²) in [7, 11) is 0. The molecule has 6 nitrogen and oxygen atoms in total. The molecule has 1 aromatic carbocycles. The van der Waals surface area contributed by atoms with E-state index in [2.05, 4.69) is 0 Å². The molecule has 0 radical (unpaired) electrons. The van der Waals surface area contributed by atoms with Crippen LogP contribution >= 0.6 is 0 Å². The summed E-state index contributed by atoms with van der Waals surface area (Å²) in [5.74, 6) is -1.25.